The van der Waals surface area contributed by atoms with Gasteiger partial charge in [0, 0.05) is 38.3 Å². The molecule has 194 valence electrons. The third-order valence-corrected chi connectivity index (χ3v) is 6.02. The number of nitrogens with zero attached hydrogens (tertiary/aromatic N) is 1. The van der Waals surface area contributed by atoms with Crippen molar-refractivity contribution in [3.8, 4) is 5.75 Å². The summed E-state index contributed by atoms with van der Waals surface area (Å²) in [5, 5.41) is 8.65. The van der Waals surface area contributed by atoms with Gasteiger partial charge in [-0.1, -0.05) is 38.1 Å². The molecule has 0 aliphatic carbocycles. The van der Waals surface area contributed by atoms with Gasteiger partial charge in [0.05, 0.1) is 25.9 Å². The fourth-order valence-corrected chi connectivity index (χ4v) is 3.95. The monoisotopic (exact) mass is 496 g/mol. The first kappa shape index (κ1) is 27.2. The summed E-state index contributed by atoms with van der Waals surface area (Å²) in [6, 6.07) is 13.5. The lowest BCUT2D eigenvalue weighted by Gasteiger charge is -2.26. The molecule has 1 heterocycles. The standard InChI is InChI=1S/C27H36N4O5/c1-19(2)25(30-26(33)22-9-4-5-10-23(22)35-3)27(34)28-18-20-7-6-8-21(17-20)29-24(32)11-12-31-13-15-36-16-14-31/h4-10,17,19,25H,11-16,18H2,1-3H3,(H,28,34)(H,29,32)(H,30,33). The van der Waals surface area contributed by atoms with Gasteiger partial charge in [-0.25, -0.2) is 0 Å². The van der Waals surface area contributed by atoms with E-state index in [9.17, 15) is 14.4 Å². The molecule has 3 rings (SSSR count). The summed E-state index contributed by atoms with van der Waals surface area (Å²) in [6.07, 6.45) is 0.406. The predicted octanol–water partition coefficient (Wildman–Crippen LogP) is 2.43. The van der Waals surface area contributed by atoms with Gasteiger partial charge >= 0.3 is 0 Å². The number of benzene rings is 2. The molecule has 3 N–H and O–H groups in total. The average Bonchev–Trinajstić information content (AvgIpc) is 2.89. The summed E-state index contributed by atoms with van der Waals surface area (Å²) >= 11 is 0. The largest absolute Gasteiger partial charge is 0.496 e. The van der Waals surface area contributed by atoms with Crippen molar-refractivity contribution < 1.29 is 23.9 Å². The van der Waals surface area contributed by atoms with E-state index in [1.165, 1.54) is 7.11 Å². The first-order valence-corrected chi connectivity index (χ1v) is 12.3. The zero-order chi connectivity index (χ0) is 25.9. The molecule has 1 aliphatic heterocycles. The quantitative estimate of drug-likeness (QED) is 0.441. The second-order valence-corrected chi connectivity index (χ2v) is 9.07. The Labute approximate surface area is 212 Å². The van der Waals surface area contributed by atoms with Crippen LogP contribution in [0.1, 0.15) is 36.2 Å². The lowest BCUT2D eigenvalue weighted by molar-refractivity contribution is -0.124. The number of hydrogen-bond acceptors (Lipinski definition) is 6. The van der Waals surface area contributed by atoms with Gasteiger partial charge in [-0.05, 0) is 35.7 Å². The zero-order valence-corrected chi connectivity index (χ0v) is 21.2. The van der Waals surface area contributed by atoms with Crippen LogP contribution in [0.2, 0.25) is 0 Å². The van der Waals surface area contributed by atoms with Gasteiger partial charge in [0.2, 0.25) is 11.8 Å². The molecule has 1 atom stereocenters. The number of ether oxygens (including phenoxy) is 2. The molecule has 0 aromatic heterocycles. The maximum absolute atomic E-state index is 12.9. The predicted molar refractivity (Wildman–Crippen MR) is 138 cm³/mol. The minimum Gasteiger partial charge on any atom is -0.496 e. The third kappa shape index (κ3) is 8.07. The summed E-state index contributed by atoms with van der Waals surface area (Å²) in [7, 11) is 1.50. The Balaban J connectivity index is 1.52. The molecule has 0 spiro atoms. The van der Waals surface area contributed by atoms with Gasteiger partial charge in [0.15, 0.2) is 0 Å². The second-order valence-electron chi connectivity index (χ2n) is 9.07. The Morgan fingerprint density at radius 2 is 1.81 bits per heavy atom. The van der Waals surface area contributed by atoms with Crippen LogP contribution >= 0.6 is 0 Å². The van der Waals surface area contributed by atoms with Crippen LogP contribution in [0.5, 0.6) is 5.75 Å². The molecule has 2 aromatic carbocycles. The number of rotatable bonds is 11. The number of para-hydroxylation sites is 1. The number of hydrogen-bond donors (Lipinski definition) is 3. The van der Waals surface area contributed by atoms with Crippen LogP contribution in [-0.2, 0) is 20.9 Å². The van der Waals surface area contributed by atoms with E-state index in [1.54, 1.807) is 24.3 Å². The molecule has 1 unspecified atom stereocenters. The van der Waals surface area contributed by atoms with Crippen LogP contribution < -0.4 is 20.7 Å². The van der Waals surface area contributed by atoms with Gasteiger partial charge in [-0.15, -0.1) is 0 Å². The molecule has 36 heavy (non-hydrogen) atoms. The minimum absolute atomic E-state index is 0.0541. The Morgan fingerprint density at radius 1 is 1.06 bits per heavy atom. The number of amides is 3. The molecule has 9 nitrogen and oxygen atoms in total. The smallest absolute Gasteiger partial charge is 0.255 e. The zero-order valence-electron chi connectivity index (χ0n) is 21.2. The summed E-state index contributed by atoms with van der Waals surface area (Å²) in [5.41, 5.74) is 1.89. The fraction of sp³-hybridized carbons (Fsp3) is 0.444. The van der Waals surface area contributed by atoms with Crippen molar-refractivity contribution in [2.45, 2.75) is 32.9 Å². The van der Waals surface area contributed by atoms with Crippen LogP contribution in [0.4, 0.5) is 5.69 Å². The van der Waals surface area contributed by atoms with Crippen molar-refractivity contribution in [2.75, 3.05) is 45.3 Å². The molecule has 0 radical (unpaired) electrons. The molecule has 0 bridgehead atoms. The fourth-order valence-electron chi connectivity index (χ4n) is 3.95. The van der Waals surface area contributed by atoms with Crippen molar-refractivity contribution in [2.24, 2.45) is 5.92 Å². The lowest BCUT2D eigenvalue weighted by atomic mass is 10.0. The van der Waals surface area contributed by atoms with Crippen molar-refractivity contribution >= 4 is 23.4 Å². The highest BCUT2D eigenvalue weighted by Gasteiger charge is 2.25. The molecule has 1 aliphatic rings. The number of anilines is 1. The number of methoxy groups -OCH3 is 1. The van der Waals surface area contributed by atoms with Crippen LogP contribution in [-0.4, -0.2) is 68.6 Å². The maximum atomic E-state index is 12.9. The van der Waals surface area contributed by atoms with Crippen LogP contribution in [0, 0.1) is 5.92 Å². The normalized spacial score (nSPS) is 14.7. The van der Waals surface area contributed by atoms with E-state index < -0.39 is 6.04 Å². The molecule has 2 aromatic rings. The molecule has 1 fully saturated rings. The Hall–Kier alpha value is -3.43. The molecular weight excluding hydrogens is 460 g/mol. The summed E-state index contributed by atoms with van der Waals surface area (Å²) in [4.78, 5) is 40.3. The Kier molecular flexibility index (Phi) is 10.3. The molecular formula is C27H36N4O5. The number of nitrogens with one attached hydrogen (secondary N) is 3. The van der Waals surface area contributed by atoms with Crippen molar-refractivity contribution in [3.63, 3.8) is 0 Å². The van der Waals surface area contributed by atoms with E-state index in [2.05, 4.69) is 20.9 Å². The highest BCUT2D eigenvalue weighted by molar-refractivity contribution is 5.99. The molecule has 9 heteroatoms. The van der Waals surface area contributed by atoms with E-state index in [4.69, 9.17) is 9.47 Å². The van der Waals surface area contributed by atoms with Crippen LogP contribution in [0.25, 0.3) is 0 Å². The van der Waals surface area contributed by atoms with Crippen molar-refractivity contribution in [1.82, 2.24) is 15.5 Å². The number of morpholine rings is 1. The van der Waals surface area contributed by atoms with Crippen molar-refractivity contribution in [3.05, 3.63) is 59.7 Å². The van der Waals surface area contributed by atoms with E-state index in [1.807, 2.05) is 38.1 Å². The highest BCUT2D eigenvalue weighted by Crippen LogP contribution is 2.18. The lowest BCUT2D eigenvalue weighted by Crippen LogP contribution is -2.49. The highest BCUT2D eigenvalue weighted by atomic mass is 16.5. The summed E-state index contributed by atoms with van der Waals surface area (Å²) in [6.45, 7) is 7.82. The van der Waals surface area contributed by atoms with Crippen LogP contribution in [0.15, 0.2) is 48.5 Å². The van der Waals surface area contributed by atoms with Gasteiger partial charge in [0.25, 0.3) is 5.91 Å². The SMILES string of the molecule is COc1ccccc1C(=O)NC(C(=O)NCc1cccc(NC(=O)CCN2CCOCC2)c1)C(C)C. The summed E-state index contributed by atoms with van der Waals surface area (Å²) < 4.78 is 10.6. The van der Waals surface area contributed by atoms with Gasteiger partial charge in [0.1, 0.15) is 11.8 Å². The molecule has 3 amide bonds. The van der Waals surface area contributed by atoms with Crippen LogP contribution in [0.3, 0.4) is 0 Å². The first-order chi connectivity index (χ1) is 17.4. The van der Waals surface area contributed by atoms with Gasteiger partial charge in [-0.3, -0.25) is 19.3 Å². The molecule has 0 saturated carbocycles. The van der Waals surface area contributed by atoms with E-state index in [0.717, 1.165) is 18.7 Å². The van der Waals surface area contributed by atoms with E-state index in [0.29, 0.717) is 43.2 Å². The Morgan fingerprint density at radius 3 is 2.53 bits per heavy atom. The van der Waals surface area contributed by atoms with E-state index in [-0.39, 0.29) is 30.2 Å². The van der Waals surface area contributed by atoms with Gasteiger partial charge < -0.3 is 25.4 Å². The first-order valence-electron chi connectivity index (χ1n) is 12.3. The Bertz CT molecular complexity index is 1040. The molecule has 1 saturated heterocycles. The average molecular weight is 497 g/mol. The maximum Gasteiger partial charge on any atom is 0.255 e. The summed E-state index contributed by atoms with van der Waals surface area (Å²) in [5.74, 6) is -0.389. The third-order valence-electron chi connectivity index (χ3n) is 6.02. The topological polar surface area (TPSA) is 109 Å². The minimum atomic E-state index is -0.717. The van der Waals surface area contributed by atoms with Gasteiger partial charge in [-0.2, -0.15) is 0 Å². The second kappa shape index (κ2) is 13.6. The van der Waals surface area contributed by atoms with Crippen molar-refractivity contribution in [1.29, 1.82) is 0 Å². The number of carbonyl (C=O) groups is 3. The number of carbonyl (C=O) groups excluding carboxylic acids is 3. The van der Waals surface area contributed by atoms with E-state index >= 15 is 0 Å².